The van der Waals surface area contributed by atoms with Crippen molar-refractivity contribution in [2.45, 2.75) is 0 Å². The van der Waals surface area contributed by atoms with Crippen molar-refractivity contribution < 1.29 is 13.2 Å². The largest absolute Gasteiger partial charge is 0.368 e. The minimum Gasteiger partial charge on any atom is -0.368 e. The second kappa shape index (κ2) is 4.81. The first-order valence-corrected chi connectivity index (χ1v) is 5.47. The third kappa shape index (κ3) is 2.37. The van der Waals surface area contributed by atoms with Crippen LogP contribution in [0.25, 0.3) is 0 Å². The van der Waals surface area contributed by atoms with Gasteiger partial charge in [-0.25, -0.2) is 18.2 Å². The third-order valence-electron chi connectivity index (χ3n) is 2.05. The highest BCUT2D eigenvalue weighted by Crippen LogP contribution is 2.26. The summed E-state index contributed by atoms with van der Waals surface area (Å²) < 4.78 is 39.6. The number of anilines is 3. The Balaban J connectivity index is 2.40. The van der Waals surface area contributed by atoms with Gasteiger partial charge in [-0.05, 0) is 28.1 Å². The number of nitrogens with two attached hydrogens (primary N) is 1. The number of benzene rings is 1. The molecule has 0 aliphatic heterocycles. The lowest BCUT2D eigenvalue weighted by Crippen LogP contribution is -2.03. The van der Waals surface area contributed by atoms with Gasteiger partial charge < -0.3 is 11.1 Å². The molecular formula is C10H6BrF3N4. The number of aromatic nitrogens is 2. The van der Waals surface area contributed by atoms with E-state index in [-0.39, 0.29) is 17.5 Å². The summed E-state index contributed by atoms with van der Waals surface area (Å²) >= 11 is 3.11. The Morgan fingerprint density at radius 3 is 2.61 bits per heavy atom. The highest BCUT2D eigenvalue weighted by atomic mass is 79.9. The summed E-state index contributed by atoms with van der Waals surface area (Å²) in [6.07, 6.45) is 1.35. The molecule has 1 aromatic carbocycles. The van der Waals surface area contributed by atoms with Gasteiger partial charge >= 0.3 is 0 Å². The minimum atomic E-state index is -1.56. The SMILES string of the molecule is Nc1ncc(Br)c(Nc2ccc(F)c(F)c2F)n1. The van der Waals surface area contributed by atoms with E-state index in [1.54, 1.807) is 0 Å². The predicted molar refractivity (Wildman–Crippen MR) is 63.7 cm³/mol. The van der Waals surface area contributed by atoms with E-state index in [1.807, 2.05) is 0 Å². The highest BCUT2D eigenvalue weighted by molar-refractivity contribution is 9.10. The average Bonchev–Trinajstić information content (AvgIpc) is 2.34. The molecule has 0 spiro atoms. The highest BCUT2D eigenvalue weighted by Gasteiger charge is 2.14. The lowest BCUT2D eigenvalue weighted by molar-refractivity contribution is 0.449. The van der Waals surface area contributed by atoms with E-state index in [2.05, 4.69) is 31.2 Å². The van der Waals surface area contributed by atoms with Crippen molar-refractivity contribution in [1.29, 1.82) is 0 Å². The van der Waals surface area contributed by atoms with Gasteiger partial charge in [0.2, 0.25) is 5.95 Å². The van der Waals surface area contributed by atoms with Crippen LogP contribution in [-0.4, -0.2) is 9.97 Å². The van der Waals surface area contributed by atoms with Gasteiger partial charge in [-0.15, -0.1) is 0 Å². The third-order valence-corrected chi connectivity index (χ3v) is 2.63. The molecule has 0 bridgehead atoms. The normalized spacial score (nSPS) is 10.4. The van der Waals surface area contributed by atoms with Gasteiger partial charge in [-0.1, -0.05) is 0 Å². The maximum atomic E-state index is 13.4. The molecule has 2 rings (SSSR count). The fourth-order valence-electron chi connectivity index (χ4n) is 1.22. The first-order valence-electron chi connectivity index (χ1n) is 4.67. The van der Waals surface area contributed by atoms with Gasteiger partial charge in [-0.2, -0.15) is 4.98 Å². The quantitative estimate of drug-likeness (QED) is 0.835. The lowest BCUT2D eigenvalue weighted by Gasteiger charge is -2.09. The summed E-state index contributed by atoms with van der Waals surface area (Å²) in [6, 6.07) is 1.86. The molecule has 0 unspecified atom stereocenters. The van der Waals surface area contributed by atoms with Crippen LogP contribution >= 0.6 is 15.9 Å². The maximum Gasteiger partial charge on any atom is 0.222 e. The maximum absolute atomic E-state index is 13.4. The summed E-state index contributed by atoms with van der Waals surface area (Å²) in [5.74, 6) is -4.05. The summed E-state index contributed by atoms with van der Waals surface area (Å²) in [6.45, 7) is 0. The van der Waals surface area contributed by atoms with Crippen molar-refractivity contribution in [2.75, 3.05) is 11.1 Å². The van der Waals surface area contributed by atoms with Gasteiger partial charge in [0.05, 0.1) is 10.2 Å². The molecule has 0 aliphatic carbocycles. The molecule has 0 saturated heterocycles. The van der Waals surface area contributed by atoms with Crippen molar-refractivity contribution in [3.8, 4) is 0 Å². The minimum absolute atomic E-state index is 0.0382. The summed E-state index contributed by atoms with van der Waals surface area (Å²) in [5.41, 5.74) is 5.11. The van der Waals surface area contributed by atoms with Crippen molar-refractivity contribution in [1.82, 2.24) is 9.97 Å². The first-order chi connectivity index (χ1) is 8.49. The molecule has 0 saturated carbocycles. The Labute approximate surface area is 108 Å². The molecular weight excluding hydrogens is 313 g/mol. The monoisotopic (exact) mass is 318 g/mol. The van der Waals surface area contributed by atoms with Gasteiger partial charge in [0.25, 0.3) is 0 Å². The number of hydrogen-bond acceptors (Lipinski definition) is 4. The number of rotatable bonds is 2. The molecule has 0 amide bonds. The number of nitrogens with one attached hydrogen (secondary N) is 1. The van der Waals surface area contributed by atoms with Crippen LogP contribution in [0, 0.1) is 17.5 Å². The van der Waals surface area contributed by atoms with E-state index in [0.717, 1.165) is 12.1 Å². The average molecular weight is 319 g/mol. The van der Waals surface area contributed by atoms with Crippen LogP contribution in [0.2, 0.25) is 0 Å². The lowest BCUT2D eigenvalue weighted by atomic mass is 10.3. The van der Waals surface area contributed by atoms with Crippen LogP contribution in [0.3, 0.4) is 0 Å². The molecule has 18 heavy (non-hydrogen) atoms. The second-order valence-corrected chi connectivity index (χ2v) is 4.13. The zero-order chi connectivity index (χ0) is 13.3. The Kier molecular flexibility index (Phi) is 3.37. The fourth-order valence-corrected chi connectivity index (χ4v) is 1.51. The van der Waals surface area contributed by atoms with Crippen LogP contribution in [0.4, 0.5) is 30.6 Å². The van der Waals surface area contributed by atoms with E-state index in [4.69, 9.17) is 5.73 Å². The number of nitrogens with zero attached hydrogens (tertiary/aromatic N) is 2. The Hall–Kier alpha value is -1.83. The number of nitrogen functional groups attached to an aromatic ring is 1. The Morgan fingerprint density at radius 1 is 1.17 bits per heavy atom. The topological polar surface area (TPSA) is 63.8 Å². The molecule has 0 aliphatic rings. The van der Waals surface area contributed by atoms with E-state index < -0.39 is 17.5 Å². The molecule has 0 radical (unpaired) electrons. The van der Waals surface area contributed by atoms with Crippen LogP contribution < -0.4 is 11.1 Å². The van der Waals surface area contributed by atoms with Crippen LogP contribution in [0.15, 0.2) is 22.8 Å². The molecule has 1 aromatic heterocycles. The fraction of sp³-hybridized carbons (Fsp3) is 0. The van der Waals surface area contributed by atoms with E-state index in [9.17, 15) is 13.2 Å². The Bertz CT molecular complexity index is 606. The van der Waals surface area contributed by atoms with Gasteiger partial charge in [0.15, 0.2) is 17.5 Å². The molecule has 0 fully saturated rings. The summed E-state index contributed by atoms with van der Waals surface area (Å²) in [5, 5.41) is 2.49. The number of hydrogen-bond donors (Lipinski definition) is 2. The van der Waals surface area contributed by atoms with Crippen molar-refractivity contribution >= 4 is 33.4 Å². The Morgan fingerprint density at radius 2 is 1.89 bits per heavy atom. The van der Waals surface area contributed by atoms with Gasteiger partial charge in [-0.3, -0.25) is 0 Å². The summed E-state index contributed by atoms with van der Waals surface area (Å²) in [4.78, 5) is 7.47. The van der Waals surface area contributed by atoms with Crippen LogP contribution in [0.5, 0.6) is 0 Å². The smallest absolute Gasteiger partial charge is 0.222 e. The summed E-state index contributed by atoms with van der Waals surface area (Å²) in [7, 11) is 0. The van der Waals surface area contributed by atoms with Crippen molar-refractivity contribution in [3.05, 3.63) is 40.3 Å². The number of halogens is 4. The molecule has 1 heterocycles. The zero-order valence-electron chi connectivity index (χ0n) is 8.72. The molecule has 0 atom stereocenters. The standard InChI is InChI=1S/C10H6BrF3N4/c11-4-3-16-10(15)18-9(4)17-6-2-1-5(12)7(13)8(6)14/h1-3H,(H3,15,16,17,18). The van der Waals surface area contributed by atoms with E-state index in [1.165, 1.54) is 6.20 Å². The molecule has 8 heteroatoms. The van der Waals surface area contributed by atoms with Gasteiger partial charge in [0.1, 0.15) is 5.82 Å². The van der Waals surface area contributed by atoms with Crippen LogP contribution in [-0.2, 0) is 0 Å². The molecule has 2 aromatic rings. The van der Waals surface area contributed by atoms with Crippen LogP contribution in [0.1, 0.15) is 0 Å². The van der Waals surface area contributed by atoms with E-state index >= 15 is 0 Å². The molecule has 94 valence electrons. The van der Waals surface area contributed by atoms with Gasteiger partial charge in [0, 0.05) is 6.20 Å². The van der Waals surface area contributed by atoms with Crippen molar-refractivity contribution in [2.24, 2.45) is 0 Å². The molecule has 3 N–H and O–H groups in total. The van der Waals surface area contributed by atoms with Crippen molar-refractivity contribution in [3.63, 3.8) is 0 Å². The zero-order valence-corrected chi connectivity index (χ0v) is 10.3. The molecule has 4 nitrogen and oxygen atoms in total. The second-order valence-electron chi connectivity index (χ2n) is 3.27. The predicted octanol–water partition coefficient (Wildman–Crippen LogP) is 2.98. The van der Waals surface area contributed by atoms with E-state index in [0.29, 0.717) is 4.47 Å². The first kappa shape index (κ1) is 12.6.